The summed E-state index contributed by atoms with van der Waals surface area (Å²) in [6.45, 7) is 2.02. The number of alkyl halides is 2. The topological polar surface area (TPSA) is 65.2 Å². The number of nitrogens with zero attached hydrogens (tertiary/aromatic N) is 5. The van der Waals surface area contributed by atoms with Crippen molar-refractivity contribution in [3.8, 4) is 0 Å². The van der Waals surface area contributed by atoms with Gasteiger partial charge < -0.3 is 14.2 Å². The van der Waals surface area contributed by atoms with Crippen molar-refractivity contribution in [3.05, 3.63) is 74.7 Å². The third kappa shape index (κ3) is 4.27. The molecule has 0 bridgehead atoms. The predicted octanol–water partition coefficient (Wildman–Crippen LogP) is 4.34. The molecule has 2 aliphatic rings. The van der Waals surface area contributed by atoms with E-state index in [2.05, 4.69) is 10.1 Å². The van der Waals surface area contributed by atoms with Gasteiger partial charge >= 0.3 is 0 Å². The van der Waals surface area contributed by atoms with Gasteiger partial charge in [0.1, 0.15) is 5.02 Å². The summed E-state index contributed by atoms with van der Waals surface area (Å²) in [5.74, 6) is 0. The molecule has 2 aliphatic heterocycles. The Morgan fingerprint density at radius 3 is 2.88 bits per heavy atom. The van der Waals surface area contributed by atoms with Gasteiger partial charge in [-0.1, -0.05) is 35.9 Å². The first-order valence-electron chi connectivity index (χ1n) is 11.1. The zero-order valence-corrected chi connectivity index (χ0v) is 18.7. The van der Waals surface area contributed by atoms with Crippen LogP contribution in [-0.4, -0.2) is 32.5 Å². The smallest absolute Gasteiger partial charge is 0.290 e. The maximum atomic E-state index is 13.4. The lowest BCUT2D eigenvalue weighted by Crippen LogP contribution is -2.36. The zero-order valence-electron chi connectivity index (χ0n) is 18.0. The van der Waals surface area contributed by atoms with E-state index in [0.29, 0.717) is 43.9 Å². The number of imidazole rings is 1. The van der Waals surface area contributed by atoms with Crippen molar-refractivity contribution in [2.75, 3.05) is 18.1 Å². The fraction of sp³-hybridized carbons (Fsp3) is 0.435. The van der Waals surface area contributed by atoms with Gasteiger partial charge in [0.25, 0.3) is 12.0 Å². The Balaban J connectivity index is 1.36. The van der Waals surface area contributed by atoms with E-state index in [-0.39, 0.29) is 22.4 Å². The second-order valence-corrected chi connectivity index (χ2v) is 8.73. The molecule has 7 nitrogen and oxygen atoms in total. The van der Waals surface area contributed by atoms with Crippen LogP contribution in [0.15, 0.2) is 41.6 Å². The van der Waals surface area contributed by atoms with Crippen LogP contribution in [0.5, 0.6) is 0 Å². The third-order valence-electron chi connectivity index (χ3n) is 6.32. The Morgan fingerprint density at radius 2 is 2.09 bits per heavy atom. The molecule has 0 spiro atoms. The number of fused-ring (bicyclic) bond motifs is 1. The lowest BCUT2D eigenvalue weighted by Gasteiger charge is -2.30. The summed E-state index contributed by atoms with van der Waals surface area (Å²) in [6.07, 6.45) is 3.76. The highest BCUT2D eigenvalue weighted by atomic mass is 35.5. The van der Waals surface area contributed by atoms with E-state index >= 15 is 0 Å². The summed E-state index contributed by atoms with van der Waals surface area (Å²) in [6, 6.07) is 6.57. The zero-order chi connectivity index (χ0) is 22.9. The van der Waals surface area contributed by atoms with E-state index in [4.69, 9.17) is 16.3 Å². The van der Waals surface area contributed by atoms with Crippen LogP contribution in [-0.2, 0) is 24.2 Å². The van der Waals surface area contributed by atoms with E-state index in [9.17, 15) is 13.6 Å². The Morgan fingerprint density at radius 1 is 1.24 bits per heavy atom. The lowest BCUT2D eigenvalue weighted by molar-refractivity contribution is -0.0424. The molecule has 174 valence electrons. The molecular weight excluding hydrogens is 452 g/mol. The third-order valence-corrected chi connectivity index (χ3v) is 6.67. The summed E-state index contributed by atoms with van der Waals surface area (Å²) in [5, 5.41) is 4.46. The molecule has 4 heterocycles. The largest absolute Gasteiger partial charge is 0.362 e. The molecule has 1 saturated heterocycles. The minimum atomic E-state index is -2.52. The van der Waals surface area contributed by atoms with E-state index in [0.717, 1.165) is 30.7 Å². The Labute approximate surface area is 194 Å². The van der Waals surface area contributed by atoms with Gasteiger partial charge in [0.05, 0.1) is 30.5 Å². The van der Waals surface area contributed by atoms with E-state index < -0.39 is 6.43 Å². The van der Waals surface area contributed by atoms with Gasteiger partial charge in [0.2, 0.25) is 0 Å². The molecule has 0 radical (unpaired) electrons. The highest BCUT2D eigenvalue weighted by Crippen LogP contribution is 2.30. The number of anilines is 1. The molecule has 1 aromatic carbocycles. The predicted molar refractivity (Wildman–Crippen MR) is 120 cm³/mol. The molecule has 1 fully saturated rings. The minimum absolute atomic E-state index is 0.0396. The van der Waals surface area contributed by atoms with Crippen LogP contribution in [0.25, 0.3) is 0 Å². The van der Waals surface area contributed by atoms with Crippen molar-refractivity contribution in [2.24, 2.45) is 0 Å². The molecule has 0 saturated carbocycles. The average Bonchev–Trinajstić information content (AvgIpc) is 3.23. The SMILES string of the molecule is O=c1c(Cl)c(N2CCc3c(ncn3Cc3ccccc3C(F)F)C2)cnn1C1CCCCO1. The fourth-order valence-corrected chi connectivity index (χ4v) is 4.82. The highest BCUT2D eigenvalue weighted by molar-refractivity contribution is 6.33. The van der Waals surface area contributed by atoms with Gasteiger partial charge in [0, 0.05) is 37.4 Å². The molecule has 3 aromatic rings. The van der Waals surface area contributed by atoms with Crippen molar-refractivity contribution in [3.63, 3.8) is 0 Å². The molecule has 0 amide bonds. The quantitative estimate of drug-likeness (QED) is 0.549. The molecule has 0 N–H and O–H groups in total. The number of ether oxygens (including phenoxy) is 1. The summed E-state index contributed by atoms with van der Waals surface area (Å²) in [7, 11) is 0. The Bertz CT molecular complexity index is 1210. The van der Waals surface area contributed by atoms with Crippen molar-refractivity contribution in [2.45, 2.75) is 51.4 Å². The van der Waals surface area contributed by atoms with E-state index in [1.165, 1.54) is 10.7 Å². The second-order valence-electron chi connectivity index (χ2n) is 8.35. The van der Waals surface area contributed by atoms with Crippen LogP contribution in [0.2, 0.25) is 5.02 Å². The maximum absolute atomic E-state index is 13.4. The van der Waals surface area contributed by atoms with Crippen LogP contribution < -0.4 is 10.5 Å². The first-order valence-corrected chi connectivity index (χ1v) is 11.4. The number of hydrogen-bond acceptors (Lipinski definition) is 5. The summed E-state index contributed by atoms with van der Waals surface area (Å²) >= 11 is 6.47. The molecule has 1 unspecified atom stereocenters. The maximum Gasteiger partial charge on any atom is 0.290 e. The standard InChI is InChI=1S/C23H24ClF2N5O2/c24-21-19(11-28-31(23(21)32)20-7-3-4-10-33-20)29-9-8-18-17(13-29)27-14-30(18)12-15-5-1-2-6-16(15)22(25)26/h1-2,5-6,11,14,20,22H,3-4,7-10,12-13H2. The fourth-order valence-electron chi connectivity index (χ4n) is 4.56. The van der Waals surface area contributed by atoms with Crippen molar-refractivity contribution < 1.29 is 13.5 Å². The summed E-state index contributed by atoms with van der Waals surface area (Å²) in [5.41, 5.74) is 2.67. The number of rotatable bonds is 5. The monoisotopic (exact) mass is 475 g/mol. The summed E-state index contributed by atoms with van der Waals surface area (Å²) in [4.78, 5) is 19.3. The van der Waals surface area contributed by atoms with Gasteiger partial charge in [-0.05, 0) is 24.8 Å². The van der Waals surface area contributed by atoms with Crippen LogP contribution >= 0.6 is 11.6 Å². The van der Waals surface area contributed by atoms with Crippen molar-refractivity contribution in [1.82, 2.24) is 19.3 Å². The highest BCUT2D eigenvalue weighted by Gasteiger charge is 2.26. The molecule has 2 aromatic heterocycles. The van der Waals surface area contributed by atoms with Crippen LogP contribution in [0.3, 0.4) is 0 Å². The molecular formula is C23H24ClF2N5O2. The Hall–Kier alpha value is -2.78. The number of hydrogen-bond donors (Lipinski definition) is 0. The van der Waals surface area contributed by atoms with Crippen LogP contribution in [0.4, 0.5) is 14.5 Å². The second kappa shape index (κ2) is 9.23. The molecule has 10 heteroatoms. The first-order chi connectivity index (χ1) is 16.0. The molecule has 1 atom stereocenters. The molecule has 0 aliphatic carbocycles. The average molecular weight is 476 g/mol. The number of benzene rings is 1. The minimum Gasteiger partial charge on any atom is -0.362 e. The Kier molecular flexibility index (Phi) is 6.16. The van der Waals surface area contributed by atoms with Gasteiger partial charge in [-0.2, -0.15) is 9.78 Å². The molecule has 5 rings (SSSR count). The molecule has 33 heavy (non-hydrogen) atoms. The van der Waals surface area contributed by atoms with Gasteiger partial charge in [0.15, 0.2) is 6.23 Å². The van der Waals surface area contributed by atoms with Crippen molar-refractivity contribution in [1.29, 1.82) is 0 Å². The first kappa shape index (κ1) is 22.0. The number of halogens is 3. The number of aromatic nitrogens is 4. The van der Waals surface area contributed by atoms with Crippen molar-refractivity contribution >= 4 is 17.3 Å². The lowest BCUT2D eigenvalue weighted by atomic mass is 10.1. The van der Waals surface area contributed by atoms with E-state index in [1.807, 2.05) is 9.47 Å². The normalized spacial score (nSPS) is 18.5. The van der Waals surface area contributed by atoms with E-state index in [1.54, 1.807) is 30.7 Å². The van der Waals surface area contributed by atoms with Gasteiger partial charge in [-0.15, -0.1) is 0 Å². The van der Waals surface area contributed by atoms with Crippen LogP contribution in [0.1, 0.15) is 54.4 Å². The van der Waals surface area contributed by atoms with Crippen LogP contribution in [0, 0.1) is 0 Å². The van der Waals surface area contributed by atoms with Gasteiger partial charge in [-0.25, -0.2) is 13.8 Å². The van der Waals surface area contributed by atoms with Gasteiger partial charge in [-0.3, -0.25) is 4.79 Å². The summed E-state index contributed by atoms with van der Waals surface area (Å²) < 4.78 is 35.7.